The molecule has 1 N–H and O–H groups in total. The zero-order chi connectivity index (χ0) is 16.1. The monoisotopic (exact) mass is 372 g/mol. The first-order valence-corrected chi connectivity index (χ1v) is 8.41. The summed E-state index contributed by atoms with van der Waals surface area (Å²) in [6, 6.07) is 5.57. The topological polar surface area (TPSA) is 43.8 Å². The van der Waals surface area contributed by atoms with Crippen LogP contribution in [0.2, 0.25) is 0 Å². The Morgan fingerprint density at radius 3 is 2.68 bits per heavy atom. The highest BCUT2D eigenvalue weighted by atomic mass is 79.9. The highest BCUT2D eigenvalue weighted by Crippen LogP contribution is 2.21. The highest BCUT2D eigenvalue weighted by Gasteiger charge is 2.25. The van der Waals surface area contributed by atoms with Gasteiger partial charge in [-0.3, -0.25) is 14.6 Å². The van der Waals surface area contributed by atoms with Gasteiger partial charge in [-0.15, -0.1) is 0 Å². The maximum Gasteiger partial charge on any atom is 0.317 e. The van der Waals surface area contributed by atoms with Crippen molar-refractivity contribution in [3.63, 3.8) is 0 Å². The summed E-state index contributed by atoms with van der Waals surface area (Å²) in [5.74, 6) is -0.999. The van der Waals surface area contributed by atoms with Gasteiger partial charge in [-0.05, 0) is 66.1 Å². The lowest BCUT2D eigenvalue weighted by Crippen LogP contribution is -2.46. The lowest BCUT2D eigenvalue weighted by atomic mass is 10.0. The molecule has 1 aromatic rings. The SMILES string of the molecule is CCN(CC(=O)O)C1CCN(Cc2ccc(Br)c(F)c2)CC1. The number of benzene rings is 1. The van der Waals surface area contributed by atoms with Gasteiger partial charge >= 0.3 is 5.97 Å². The Kier molecular flexibility index (Phi) is 6.35. The molecular formula is C16H22BrFN2O2. The molecule has 1 aromatic carbocycles. The number of carboxylic acids is 1. The predicted molar refractivity (Wildman–Crippen MR) is 87.3 cm³/mol. The number of carboxylic acid groups (broad SMARTS) is 1. The minimum Gasteiger partial charge on any atom is -0.480 e. The molecule has 1 saturated heterocycles. The molecule has 0 atom stereocenters. The van der Waals surface area contributed by atoms with Crippen LogP contribution in [0.5, 0.6) is 0 Å². The smallest absolute Gasteiger partial charge is 0.317 e. The number of halogens is 2. The number of hydrogen-bond donors (Lipinski definition) is 1. The van der Waals surface area contributed by atoms with Crippen molar-refractivity contribution in [2.24, 2.45) is 0 Å². The van der Waals surface area contributed by atoms with E-state index in [1.165, 1.54) is 0 Å². The Balaban J connectivity index is 1.86. The molecule has 0 amide bonds. The van der Waals surface area contributed by atoms with Crippen LogP contribution in [-0.4, -0.2) is 53.1 Å². The predicted octanol–water partition coefficient (Wildman–Crippen LogP) is 2.96. The Hall–Kier alpha value is -0.980. The summed E-state index contributed by atoms with van der Waals surface area (Å²) in [7, 11) is 0. The van der Waals surface area contributed by atoms with E-state index in [4.69, 9.17) is 5.11 Å². The molecule has 0 spiro atoms. The van der Waals surface area contributed by atoms with E-state index in [1.807, 2.05) is 17.9 Å². The van der Waals surface area contributed by atoms with E-state index < -0.39 is 5.97 Å². The van der Waals surface area contributed by atoms with Gasteiger partial charge < -0.3 is 5.11 Å². The summed E-state index contributed by atoms with van der Waals surface area (Å²) >= 11 is 3.16. The molecule has 0 saturated carbocycles. The van der Waals surface area contributed by atoms with Crippen LogP contribution < -0.4 is 0 Å². The van der Waals surface area contributed by atoms with Crippen molar-refractivity contribution in [1.82, 2.24) is 9.80 Å². The normalized spacial score (nSPS) is 17.1. The van der Waals surface area contributed by atoms with Gasteiger partial charge in [0, 0.05) is 12.6 Å². The first-order valence-electron chi connectivity index (χ1n) is 7.61. The van der Waals surface area contributed by atoms with E-state index in [1.54, 1.807) is 12.1 Å². The second kappa shape index (κ2) is 8.04. The van der Waals surface area contributed by atoms with Crippen molar-refractivity contribution < 1.29 is 14.3 Å². The van der Waals surface area contributed by atoms with Gasteiger partial charge in [0.05, 0.1) is 11.0 Å². The van der Waals surface area contributed by atoms with Crippen LogP contribution in [0.25, 0.3) is 0 Å². The number of nitrogens with zero attached hydrogens (tertiary/aromatic N) is 2. The van der Waals surface area contributed by atoms with Gasteiger partial charge in [0.25, 0.3) is 0 Å². The molecular weight excluding hydrogens is 351 g/mol. The van der Waals surface area contributed by atoms with Crippen LogP contribution >= 0.6 is 15.9 Å². The van der Waals surface area contributed by atoms with Crippen molar-refractivity contribution in [1.29, 1.82) is 0 Å². The lowest BCUT2D eigenvalue weighted by molar-refractivity contribution is -0.139. The second-order valence-electron chi connectivity index (χ2n) is 5.71. The first-order chi connectivity index (χ1) is 10.5. The molecule has 0 radical (unpaired) electrons. The van der Waals surface area contributed by atoms with E-state index in [9.17, 15) is 9.18 Å². The van der Waals surface area contributed by atoms with Crippen LogP contribution in [0.1, 0.15) is 25.3 Å². The summed E-state index contributed by atoms with van der Waals surface area (Å²) in [6.45, 7) is 5.44. The van der Waals surface area contributed by atoms with Crippen LogP contribution in [-0.2, 0) is 11.3 Å². The number of hydrogen-bond acceptors (Lipinski definition) is 3. The first kappa shape index (κ1) is 17.4. The summed E-state index contributed by atoms with van der Waals surface area (Å²) in [6.07, 6.45) is 1.92. The minimum atomic E-state index is -0.769. The van der Waals surface area contributed by atoms with Crippen molar-refractivity contribution >= 4 is 21.9 Å². The lowest BCUT2D eigenvalue weighted by Gasteiger charge is -2.37. The standard InChI is InChI=1S/C16H22BrFN2O2/c1-2-20(11-16(21)22)13-5-7-19(8-6-13)10-12-3-4-14(17)15(18)9-12/h3-4,9,13H,2,5-8,10-11H2,1H3,(H,21,22). The van der Waals surface area contributed by atoms with E-state index in [2.05, 4.69) is 20.8 Å². The molecule has 0 bridgehead atoms. The zero-order valence-electron chi connectivity index (χ0n) is 12.8. The molecule has 1 aliphatic rings. The van der Waals surface area contributed by atoms with E-state index in [0.717, 1.165) is 44.6 Å². The van der Waals surface area contributed by atoms with Crippen LogP contribution in [0.3, 0.4) is 0 Å². The summed E-state index contributed by atoms with van der Waals surface area (Å²) in [5, 5.41) is 8.95. The molecule has 1 heterocycles. The molecule has 1 aliphatic heterocycles. The van der Waals surface area contributed by atoms with Gasteiger partial charge in [-0.1, -0.05) is 13.0 Å². The van der Waals surface area contributed by atoms with Crippen molar-refractivity contribution in [2.75, 3.05) is 26.2 Å². The number of likely N-dealkylation sites (N-methyl/N-ethyl adjacent to an activating group) is 1. The van der Waals surface area contributed by atoms with Crippen LogP contribution in [0.4, 0.5) is 4.39 Å². The van der Waals surface area contributed by atoms with Crippen LogP contribution in [0, 0.1) is 5.82 Å². The summed E-state index contributed by atoms with van der Waals surface area (Å²) in [4.78, 5) is 15.2. The maximum atomic E-state index is 13.5. The van der Waals surface area contributed by atoms with Gasteiger partial charge in [0.1, 0.15) is 5.82 Å². The van der Waals surface area contributed by atoms with Gasteiger partial charge in [-0.25, -0.2) is 4.39 Å². The van der Waals surface area contributed by atoms with E-state index in [-0.39, 0.29) is 12.4 Å². The van der Waals surface area contributed by atoms with E-state index in [0.29, 0.717) is 10.5 Å². The Morgan fingerprint density at radius 1 is 1.45 bits per heavy atom. The molecule has 22 heavy (non-hydrogen) atoms. The molecule has 6 heteroatoms. The largest absolute Gasteiger partial charge is 0.480 e. The molecule has 0 unspecified atom stereocenters. The second-order valence-corrected chi connectivity index (χ2v) is 6.57. The summed E-state index contributed by atoms with van der Waals surface area (Å²) < 4.78 is 14.0. The van der Waals surface area contributed by atoms with Gasteiger partial charge in [0.2, 0.25) is 0 Å². The Bertz CT molecular complexity index is 519. The van der Waals surface area contributed by atoms with Crippen LogP contribution in [0.15, 0.2) is 22.7 Å². The van der Waals surface area contributed by atoms with Crippen molar-refractivity contribution in [3.05, 3.63) is 34.1 Å². The van der Waals surface area contributed by atoms with Crippen molar-refractivity contribution in [2.45, 2.75) is 32.4 Å². The number of carbonyl (C=O) groups is 1. The highest BCUT2D eigenvalue weighted by molar-refractivity contribution is 9.10. The average Bonchev–Trinajstić information content (AvgIpc) is 2.49. The molecule has 4 nitrogen and oxygen atoms in total. The molecule has 2 rings (SSSR count). The molecule has 1 fully saturated rings. The third-order valence-electron chi connectivity index (χ3n) is 4.21. The fourth-order valence-electron chi connectivity index (χ4n) is 3.01. The Labute approximate surface area is 139 Å². The van der Waals surface area contributed by atoms with Crippen molar-refractivity contribution in [3.8, 4) is 0 Å². The quantitative estimate of drug-likeness (QED) is 0.833. The molecule has 0 aliphatic carbocycles. The molecule has 122 valence electrons. The third kappa shape index (κ3) is 4.76. The maximum absolute atomic E-state index is 13.5. The number of rotatable bonds is 6. The molecule has 0 aromatic heterocycles. The zero-order valence-corrected chi connectivity index (χ0v) is 14.4. The number of aliphatic carboxylic acids is 1. The number of piperidine rings is 1. The van der Waals surface area contributed by atoms with Gasteiger partial charge in [-0.2, -0.15) is 0 Å². The fourth-order valence-corrected chi connectivity index (χ4v) is 3.26. The third-order valence-corrected chi connectivity index (χ3v) is 4.85. The van der Waals surface area contributed by atoms with Gasteiger partial charge in [0.15, 0.2) is 0 Å². The minimum absolute atomic E-state index is 0.110. The summed E-state index contributed by atoms with van der Waals surface area (Å²) in [5.41, 5.74) is 0.969. The fraction of sp³-hybridized carbons (Fsp3) is 0.562. The average molecular weight is 373 g/mol. The Morgan fingerprint density at radius 2 is 2.14 bits per heavy atom. The van der Waals surface area contributed by atoms with E-state index >= 15 is 0 Å². The number of likely N-dealkylation sites (tertiary alicyclic amines) is 1.